The average molecular weight is 526 g/mol. The van der Waals surface area contributed by atoms with Gasteiger partial charge in [0.15, 0.2) is 23.1 Å². The number of carbonyl (C=O) groups excluding carboxylic acids is 1. The van der Waals surface area contributed by atoms with Crippen molar-refractivity contribution in [3.63, 3.8) is 0 Å². The van der Waals surface area contributed by atoms with E-state index in [0.29, 0.717) is 35.2 Å². The quantitative estimate of drug-likeness (QED) is 0.286. The summed E-state index contributed by atoms with van der Waals surface area (Å²) in [6, 6.07) is 7.30. The summed E-state index contributed by atoms with van der Waals surface area (Å²) in [4.78, 5) is 31.9. The fraction of sp³-hybridized carbons (Fsp3) is 0.240. The Morgan fingerprint density at radius 3 is 2.73 bits per heavy atom. The Kier molecular flexibility index (Phi) is 7.06. The lowest BCUT2D eigenvalue weighted by atomic mass is 9.98. The van der Waals surface area contributed by atoms with Crippen LogP contribution < -0.4 is 16.0 Å². The SMILES string of the molecule is O=Nc1ccc(-c2cnc3c(Nc4ccc(C(=O)NCC5CCNCC5)c(Cl)c4)nccn23)c(F)c1F. The first-order valence-electron chi connectivity index (χ1n) is 11.7. The molecule has 0 atom stereocenters. The van der Waals surface area contributed by atoms with E-state index >= 15 is 0 Å². The number of anilines is 2. The van der Waals surface area contributed by atoms with Gasteiger partial charge in [0.05, 0.1) is 22.5 Å². The van der Waals surface area contributed by atoms with Gasteiger partial charge >= 0.3 is 0 Å². The third-order valence-electron chi connectivity index (χ3n) is 6.35. The molecule has 0 radical (unpaired) electrons. The molecule has 3 heterocycles. The van der Waals surface area contributed by atoms with Crippen molar-refractivity contribution in [3.8, 4) is 11.3 Å². The number of halogens is 3. The standard InChI is InChI=1S/C25H22ClF2N7O2/c26-18-11-15(1-2-16(18)25(36)32-12-14-5-7-29-8-6-14)33-23-24-31-13-20(35(24)10-9-30-23)17-3-4-19(34-37)22(28)21(17)27/h1-4,9-11,13-14,29H,5-8,12H2,(H,30,33)(H,32,36). The van der Waals surface area contributed by atoms with E-state index in [2.05, 4.69) is 31.1 Å². The monoisotopic (exact) mass is 525 g/mol. The molecule has 9 nitrogen and oxygen atoms in total. The summed E-state index contributed by atoms with van der Waals surface area (Å²) in [7, 11) is 0. The van der Waals surface area contributed by atoms with Crippen LogP contribution in [-0.4, -0.2) is 39.9 Å². The number of aromatic nitrogens is 3. The minimum atomic E-state index is -1.33. The van der Waals surface area contributed by atoms with Gasteiger partial charge in [0.1, 0.15) is 5.69 Å². The Labute approximate surface area is 215 Å². The zero-order valence-electron chi connectivity index (χ0n) is 19.5. The molecular weight excluding hydrogens is 504 g/mol. The first-order chi connectivity index (χ1) is 18.0. The van der Waals surface area contributed by atoms with E-state index < -0.39 is 17.3 Å². The van der Waals surface area contributed by atoms with Crippen molar-refractivity contribution in [2.75, 3.05) is 25.0 Å². The first kappa shape index (κ1) is 24.7. The maximum atomic E-state index is 14.6. The fourth-order valence-electron chi connectivity index (χ4n) is 4.35. The molecule has 0 unspecified atom stereocenters. The van der Waals surface area contributed by atoms with E-state index in [1.165, 1.54) is 22.9 Å². The average Bonchev–Trinajstić information content (AvgIpc) is 3.34. The lowest BCUT2D eigenvalue weighted by Crippen LogP contribution is -2.36. The highest BCUT2D eigenvalue weighted by atomic mass is 35.5. The van der Waals surface area contributed by atoms with Gasteiger partial charge in [-0.15, -0.1) is 4.91 Å². The van der Waals surface area contributed by atoms with Gasteiger partial charge in [-0.2, -0.15) is 0 Å². The summed E-state index contributed by atoms with van der Waals surface area (Å²) >= 11 is 6.41. The van der Waals surface area contributed by atoms with E-state index in [0.717, 1.165) is 32.0 Å². The topological polar surface area (TPSA) is 113 Å². The van der Waals surface area contributed by atoms with Gasteiger partial charge < -0.3 is 16.0 Å². The lowest BCUT2D eigenvalue weighted by Gasteiger charge is -2.22. The molecule has 1 saturated heterocycles. The van der Waals surface area contributed by atoms with Crippen molar-refractivity contribution >= 4 is 40.3 Å². The smallest absolute Gasteiger partial charge is 0.252 e. The number of hydrogen-bond acceptors (Lipinski definition) is 7. The van der Waals surface area contributed by atoms with Crippen LogP contribution in [0.2, 0.25) is 5.02 Å². The van der Waals surface area contributed by atoms with Gasteiger partial charge in [0.25, 0.3) is 5.91 Å². The molecule has 2 aromatic carbocycles. The minimum absolute atomic E-state index is 0.0857. The molecule has 0 aliphatic carbocycles. The molecule has 1 amide bonds. The van der Waals surface area contributed by atoms with E-state index in [1.807, 2.05) is 0 Å². The highest BCUT2D eigenvalue weighted by molar-refractivity contribution is 6.34. The van der Waals surface area contributed by atoms with Crippen LogP contribution in [0.4, 0.5) is 26.0 Å². The van der Waals surface area contributed by atoms with E-state index in [-0.39, 0.29) is 22.2 Å². The Balaban J connectivity index is 1.36. The number of benzene rings is 2. The number of nitrogens with zero attached hydrogens (tertiary/aromatic N) is 4. The number of rotatable bonds is 7. The number of hydrogen-bond donors (Lipinski definition) is 3. The van der Waals surface area contributed by atoms with Gasteiger partial charge in [0.2, 0.25) is 0 Å². The molecule has 3 N–H and O–H groups in total. The summed E-state index contributed by atoms with van der Waals surface area (Å²) in [5.41, 5.74) is 0.824. The van der Waals surface area contributed by atoms with E-state index in [4.69, 9.17) is 11.6 Å². The molecule has 0 saturated carbocycles. The molecule has 1 fully saturated rings. The van der Waals surface area contributed by atoms with Crippen LogP contribution in [0.5, 0.6) is 0 Å². The number of piperidine rings is 1. The molecule has 2 aromatic heterocycles. The second kappa shape index (κ2) is 10.6. The third kappa shape index (κ3) is 5.00. The molecule has 1 aliphatic heterocycles. The predicted molar refractivity (Wildman–Crippen MR) is 136 cm³/mol. The molecule has 0 bridgehead atoms. The Morgan fingerprint density at radius 1 is 1.16 bits per heavy atom. The number of nitroso groups, excluding NO2 is 1. The second-order valence-corrected chi connectivity index (χ2v) is 9.09. The number of fused-ring (bicyclic) bond motifs is 1. The number of nitrogens with one attached hydrogen (secondary N) is 3. The maximum absolute atomic E-state index is 14.6. The number of imidazole rings is 1. The van der Waals surface area contributed by atoms with Crippen molar-refractivity contribution in [1.29, 1.82) is 0 Å². The zero-order valence-corrected chi connectivity index (χ0v) is 20.2. The molecule has 12 heteroatoms. The molecule has 37 heavy (non-hydrogen) atoms. The van der Waals surface area contributed by atoms with Crippen LogP contribution >= 0.6 is 11.6 Å². The Bertz CT molecular complexity index is 1490. The van der Waals surface area contributed by atoms with Crippen LogP contribution in [-0.2, 0) is 0 Å². The van der Waals surface area contributed by atoms with Crippen molar-refractivity contribution in [1.82, 2.24) is 25.0 Å². The lowest BCUT2D eigenvalue weighted by molar-refractivity contribution is 0.0944. The van der Waals surface area contributed by atoms with Gasteiger partial charge in [-0.3, -0.25) is 9.20 Å². The van der Waals surface area contributed by atoms with Gasteiger partial charge in [-0.25, -0.2) is 18.7 Å². The van der Waals surface area contributed by atoms with Crippen LogP contribution in [0.1, 0.15) is 23.2 Å². The predicted octanol–water partition coefficient (Wildman–Crippen LogP) is 5.20. The van der Waals surface area contributed by atoms with Gasteiger partial charge in [0, 0.05) is 30.2 Å². The Hall–Kier alpha value is -3.96. The second-order valence-electron chi connectivity index (χ2n) is 8.69. The van der Waals surface area contributed by atoms with Crippen molar-refractivity contribution in [2.45, 2.75) is 12.8 Å². The molecule has 0 spiro atoms. The van der Waals surface area contributed by atoms with Gasteiger partial charge in [-0.05, 0) is 67.4 Å². The van der Waals surface area contributed by atoms with Crippen LogP contribution in [0.15, 0.2) is 54.1 Å². The normalized spacial score (nSPS) is 14.0. The molecule has 1 aliphatic rings. The largest absolute Gasteiger partial charge is 0.352 e. The van der Waals surface area contributed by atoms with Crippen LogP contribution in [0, 0.1) is 22.5 Å². The number of carbonyl (C=O) groups is 1. The molecule has 4 aromatic rings. The fourth-order valence-corrected chi connectivity index (χ4v) is 4.61. The Morgan fingerprint density at radius 2 is 1.97 bits per heavy atom. The number of amides is 1. The van der Waals surface area contributed by atoms with Crippen LogP contribution in [0.25, 0.3) is 16.9 Å². The maximum Gasteiger partial charge on any atom is 0.252 e. The van der Waals surface area contributed by atoms with E-state index in [9.17, 15) is 18.5 Å². The molecule has 190 valence electrons. The minimum Gasteiger partial charge on any atom is -0.352 e. The van der Waals surface area contributed by atoms with Crippen molar-refractivity contribution in [3.05, 3.63) is 76.0 Å². The molecular formula is C25H22ClF2N7O2. The van der Waals surface area contributed by atoms with Crippen molar-refractivity contribution < 1.29 is 13.6 Å². The van der Waals surface area contributed by atoms with Gasteiger partial charge in [-0.1, -0.05) is 11.6 Å². The summed E-state index contributed by atoms with van der Waals surface area (Å²) in [5.74, 6) is -1.99. The molecule has 5 rings (SSSR count). The highest BCUT2D eigenvalue weighted by Gasteiger charge is 2.20. The first-order valence-corrected chi connectivity index (χ1v) is 12.0. The summed E-state index contributed by atoms with van der Waals surface area (Å²) < 4.78 is 30.3. The third-order valence-corrected chi connectivity index (χ3v) is 6.66. The summed E-state index contributed by atoms with van der Waals surface area (Å²) in [6.07, 6.45) is 6.44. The highest BCUT2D eigenvalue weighted by Crippen LogP contribution is 2.32. The zero-order chi connectivity index (χ0) is 25.9. The summed E-state index contributed by atoms with van der Waals surface area (Å²) in [5, 5.41) is 12.1. The van der Waals surface area contributed by atoms with E-state index in [1.54, 1.807) is 24.4 Å². The summed E-state index contributed by atoms with van der Waals surface area (Å²) in [6.45, 7) is 2.51. The van der Waals surface area contributed by atoms with Crippen LogP contribution in [0.3, 0.4) is 0 Å². The van der Waals surface area contributed by atoms with Crippen molar-refractivity contribution in [2.24, 2.45) is 11.1 Å².